The van der Waals surface area contributed by atoms with E-state index in [0.29, 0.717) is 5.56 Å². The third-order valence-electron chi connectivity index (χ3n) is 4.18. The van der Waals surface area contributed by atoms with Gasteiger partial charge in [0.15, 0.2) is 5.41 Å². The summed E-state index contributed by atoms with van der Waals surface area (Å²) in [4.78, 5) is 25.1. The second kappa shape index (κ2) is 6.94. The Labute approximate surface area is 135 Å². The maximum atomic E-state index is 13.6. The molecule has 1 aromatic carbocycles. The molecule has 5 heteroatoms. The third-order valence-corrected chi connectivity index (χ3v) is 4.18. The van der Waals surface area contributed by atoms with Crippen molar-refractivity contribution in [3.8, 4) is 0 Å². The van der Waals surface area contributed by atoms with E-state index in [4.69, 9.17) is 9.47 Å². The largest absolute Gasteiger partial charge is 0.465 e. The molecule has 124 valence electrons. The molecule has 0 aliphatic heterocycles. The normalized spacial score (nSPS) is 18.7. The smallest absolute Gasteiger partial charge is 0.323 e. The summed E-state index contributed by atoms with van der Waals surface area (Å²) in [6.45, 7) is 7.46. The van der Waals surface area contributed by atoms with Crippen LogP contribution < -0.4 is 0 Å². The van der Waals surface area contributed by atoms with Gasteiger partial charge in [-0.05, 0) is 49.9 Å². The summed E-state index contributed by atoms with van der Waals surface area (Å²) in [5.74, 6) is -1.90. The van der Waals surface area contributed by atoms with E-state index >= 15 is 0 Å². The highest BCUT2D eigenvalue weighted by Gasteiger charge is 2.52. The van der Waals surface area contributed by atoms with E-state index in [2.05, 4.69) is 6.58 Å². The van der Waals surface area contributed by atoms with Crippen LogP contribution in [0.1, 0.15) is 37.3 Å². The van der Waals surface area contributed by atoms with Crippen molar-refractivity contribution >= 4 is 11.9 Å². The number of hydrogen-bond donors (Lipinski definition) is 0. The Bertz CT molecular complexity index is 605. The first-order valence-corrected chi connectivity index (χ1v) is 7.73. The molecule has 1 aliphatic rings. The first-order valence-electron chi connectivity index (χ1n) is 7.73. The second-order valence-corrected chi connectivity index (χ2v) is 5.59. The number of rotatable bonds is 5. The van der Waals surface area contributed by atoms with Crippen molar-refractivity contribution in [2.24, 2.45) is 5.41 Å². The number of fused-ring (bicyclic) bond motifs is 1. The van der Waals surface area contributed by atoms with Crippen LogP contribution >= 0.6 is 0 Å². The van der Waals surface area contributed by atoms with E-state index in [9.17, 15) is 14.0 Å². The van der Waals surface area contributed by atoms with Gasteiger partial charge in [-0.25, -0.2) is 4.39 Å². The maximum Gasteiger partial charge on any atom is 0.323 e. The molecule has 1 unspecified atom stereocenters. The van der Waals surface area contributed by atoms with Crippen molar-refractivity contribution < 1.29 is 23.5 Å². The van der Waals surface area contributed by atoms with Crippen LogP contribution in [0.4, 0.5) is 4.39 Å². The molecule has 1 aromatic rings. The number of ether oxygens (including phenoxy) is 2. The molecule has 0 saturated heterocycles. The molecular weight excluding hydrogens is 299 g/mol. The van der Waals surface area contributed by atoms with Crippen LogP contribution in [-0.2, 0) is 25.5 Å². The van der Waals surface area contributed by atoms with E-state index in [1.54, 1.807) is 26.0 Å². The van der Waals surface area contributed by atoms with Crippen molar-refractivity contribution in [1.82, 2.24) is 0 Å². The van der Waals surface area contributed by atoms with Gasteiger partial charge >= 0.3 is 11.9 Å². The zero-order valence-corrected chi connectivity index (χ0v) is 13.4. The van der Waals surface area contributed by atoms with Gasteiger partial charge < -0.3 is 9.47 Å². The Morgan fingerprint density at radius 3 is 2.43 bits per heavy atom. The molecule has 0 amide bonds. The van der Waals surface area contributed by atoms with Crippen molar-refractivity contribution in [1.29, 1.82) is 0 Å². The fourth-order valence-electron chi connectivity index (χ4n) is 3.11. The van der Waals surface area contributed by atoms with Crippen LogP contribution in [0.25, 0.3) is 0 Å². The lowest BCUT2D eigenvalue weighted by Crippen LogP contribution is -2.47. The molecular formula is C18H21FO4. The average molecular weight is 320 g/mol. The molecule has 0 saturated carbocycles. The molecule has 0 bridgehead atoms. The topological polar surface area (TPSA) is 52.6 Å². The summed E-state index contributed by atoms with van der Waals surface area (Å²) < 4.78 is 23.9. The molecule has 0 aromatic heterocycles. The molecule has 4 nitrogen and oxygen atoms in total. The molecule has 2 rings (SSSR count). The fourth-order valence-corrected chi connectivity index (χ4v) is 3.11. The SMILES string of the molecule is C=CC1CC(C(=O)OCC)(C(=O)OCC)Cc2cc(F)ccc21. The van der Waals surface area contributed by atoms with Gasteiger partial charge in [0.25, 0.3) is 0 Å². The van der Waals surface area contributed by atoms with Crippen molar-refractivity contribution in [2.75, 3.05) is 13.2 Å². The predicted octanol–water partition coefficient (Wildman–Crippen LogP) is 3.15. The highest BCUT2D eigenvalue weighted by atomic mass is 19.1. The van der Waals surface area contributed by atoms with Crippen LogP contribution in [0.3, 0.4) is 0 Å². The minimum absolute atomic E-state index is 0.0715. The number of halogens is 1. The summed E-state index contributed by atoms with van der Waals surface area (Å²) in [6.07, 6.45) is 1.96. The van der Waals surface area contributed by atoms with E-state index < -0.39 is 23.2 Å². The second-order valence-electron chi connectivity index (χ2n) is 5.59. The summed E-state index contributed by atoms with van der Waals surface area (Å²) in [5.41, 5.74) is 0.0407. The summed E-state index contributed by atoms with van der Waals surface area (Å²) in [5, 5.41) is 0. The van der Waals surface area contributed by atoms with E-state index in [-0.39, 0.29) is 32.0 Å². The number of allylic oxidation sites excluding steroid dienone is 1. The first-order chi connectivity index (χ1) is 11.0. The molecule has 1 aliphatic carbocycles. The summed E-state index contributed by atoms with van der Waals surface area (Å²) in [6, 6.07) is 4.41. The summed E-state index contributed by atoms with van der Waals surface area (Å²) in [7, 11) is 0. The van der Waals surface area contributed by atoms with Gasteiger partial charge in [0.2, 0.25) is 0 Å². The number of benzene rings is 1. The van der Waals surface area contributed by atoms with Gasteiger partial charge in [-0.3, -0.25) is 9.59 Å². The lowest BCUT2D eigenvalue weighted by atomic mass is 9.67. The molecule has 0 N–H and O–H groups in total. The first kappa shape index (κ1) is 17.2. The molecule has 0 radical (unpaired) electrons. The van der Waals surface area contributed by atoms with Gasteiger partial charge in [0, 0.05) is 5.92 Å². The Hall–Kier alpha value is -2.17. The third kappa shape index (κ3) is 3.14. The van der Waals surface area contributed by atoms with Gasteiger partial charge in [-0.1, -0.05) is 12.1 Å². The van der Waals surface area contributed by atoms with Crippen LogP contribution in [0.2, 0.25) is 0 Å². The summed E-state index contributed by atoms with van der Waals surface area (Å²) >= 11 is 0. The zero-order valence-electron chi connectivity index (χ0n) is 13.4. The maximum absolute atomic E-state index is 13.6. The highest BCUT2D eigenvalue weighted by molar-refractivity contribution is 6.01. The van der Waals surface area contributed by atoms with Crippen molar-refractivity contribution in [3.63, 3.8) is 0 Å². The fraction of sp³-hybridized carbons (Fsp3) is 0.444. The Morgan fingerprint density at radius 1 is 1.30 bits per heavy atom. The Morgan fingerprint density at radius 2 is 1.91 bits per heavy atom. The monoisotopic (exact) mass is 320 g/mol. The quantitative estimate of drug-likeness (QED) is 0.475. The molecule has 1 atom stereocenters. The minimum atomic E-state index is -1.45. The molecule has 0 spiro atoms. The number of carbonyl (C=O) groups is 2. The number of esters is 2. The van der Waals surface area contributed by atoms with Crippen molar-refractivity contribution in [3.05, 3.63) is 47.8 Å². The lowest BCUT2D eigenvalue weighted by Gasteiger charge is -2.37. The van der Waals surface area contributed by atoms with Crippen LogP contribution in [0, 0.1) is 11.2 Å². The van der Waals surface area contributed by atoms with E-state index in [1.807, 2.05) is 0 Å². The average Bonchev–Trinajstić information content (AvgIpc) is 2.53. The zero-order chi connectivity index (χ0) is 17.0. The molecule has 0 heterocycles. The Balaban J connectivity index is 2.53. The number of hydrogen-bond acceptors (Lipinski definition) is 4. The Kier molecular flexibility index (Phi) is 5.19. The molecule has 0 fully saturated rings. The van der Waals surface area contributed by atoms with Crippen molar-refractivity contribution in [2.45, 2.75) is 32.6 Å². The lowest BCUT2D eigenvalue weighted by molar-refractivity contribution is -0.173. The number of carbonyl (C=O) groups excluding carboxylic acids is 2. The van der Waals surface area contributed by atoms with Crippen LogP contribution in [0.15, 0.2) is 30.9 Å². The van der Waals surface area contributed by atoms with E-state index in [0.717, 1.165) is 5.56 Å². The van der Waals surface area contributed by atoms with Crippen LogP contribution in [0.5, 0.6) is 0 Å². The van der Waals surface area contributed by atoms with Gasteiger partial charge in [-0.15, -0.1) is 6.58 Å². The highest BCUT2D eigenvalue weighted by Crippen LogP contribution is 2.45. The predicted molar refractivity (Wildman–Crippen MR) is 83.4 cm³/mol. The van der Waals surface area contributed by atoms with E-state index in [1.165, 1.54) is 12.1 Å². The van der Waals surface area contributed by atoms with Gasteiger partial charge in [-0.2, -0.15) is 0 Å². The van der Waals surface area contributed by atoms with Gasteiger partial charge in [0.05, 0.1) is 13.2 Å². The van der Waals surface area contributed by atoms with Gasteiger partial charge in [0.1, 0.15) is 5.82 Å². The molecule has 23 heavy (non-hydrogen) atoms. The standard InChI is InChI=1S/C18H21FO4/c1-4-12-10-18(16(20)22-5-2,17(21)23-6-3)11-13-9-14(19)7-8-15(12)13/h4,7-9,12H,1,5-6,10-11H2,2-3H3. The van der Waals surface area contributed by atoms with Crippen LogP contribution in [-0.4, -0.2) is 25.2 Å². The minimum Gasteiger partial charge on any atom is -0.465 e.